The third-order valence-electron chi connectivity index (χ3n) is 4.40. The number of nitrogens with one attached hydrogen (secondary N) is 1. The van der Waals surface area contributed by atoms with E-state index in [2.05, 4.69) is 10.4 Å². The van der Waals surface area contributed by atoms with E-state index in [9.17, 15) is 9.59 Å². The predicted octanol–water partition coefficient (Wildman–Crippen LogP) is 1.54. The maximum absolute atomic E-state index is 12.8. The Bertz CT molecular complexity index is 720. The second-order valence-electron chi connectivity index (χ2n) is 6.56. The summed E-state index contributed by atoms with van der Waals surface area (Å²) in [5.74, 6) is -0.192. The zero-order valence-corrected chi connectivity index (χ0v) is 14.5. The summed E-state index contributed by atoms with van der Waals surface area (Å²) >= 11 is 0. The zero-order chi connectivity index (χ0) is 17.6. The van der Waals surface area contributed by atoms with Gasteiger partial charge in [-0.05, 0) is 30.9 Å². The Hall–Kier alpha value is -2.63. The minimum absolute atomic E-state index is 0.00588. The summed E-state index contributed by atoms with van der Waals surface area (Å²) in [6.07, 6.45) is 6.09. The standard InChI is InChI=1S/C19H24N4O2/c1-15-12-20-23(13-15)14-18(24)21-17(11-16-7-3-2-4-8-16)19(25)22-9-5-6-10-22/h2-4,7-8,12-13,17H,5-6,9-11,14H2,1H3,(H,21,24). The van der Waals surface area contributed by atoms with Crippen molar-refractivity contribution in [1.82, 2.24) is 20.0 Å². The van der Waals surface area contributed by atoms with E-state index in [-0.39, 0.29) is 18.4 Å². The average molecular weight is 340 g/mol. The fraction of sp³-hybridized carbons (Fsp3) is 0.421. The van der Waals surface area contributed by atoms with Crippen LogP contribution in [0.3, 0.4) is 0 Å². The maximum Gasteiger partial charge on any atom is 0.245 e. The molecule has 2 aromatic rings. The molecule has 1 unspecified atom stereocenters. The SMILES string of the molecule is Cc1cnn(CC(=O)NC(Cc2ccccc2)C(=O)N2CCCC2)c1. The van der Waals surface area contributed by atoms with Crippen molar-refractivity contribution in [3.63, 3.8) is 0 Å². The van der Waals surface area contributed by atoms with Crippen molar-refractivity contribution in [3.05, 3.63) is 53.9 Å². The van der Waals surface area contributed by atoms with Crippen LogP contribution in [-0.2, 0) is 22.6 Å². The highest BCUT2D eigenvalue weighted by Gasteiger charge is 2.28. The molecule has 0 bridgehead atoms. The lowest BCUT2D eigenvalue weighted by atomic mass is 10.0. The number of hydrogen-bond donors (Lipinski definition) is 1. The Balaban J connectivity index is 1.68. The van der Waals surface area contributed by atoms with Crippen LogP contribution in [0.2, 0.25) is 0 Å². The summed E-state index contributed by atoms with van der Waals surface area (Å²) in [5.41, 5.74) is 2.04. The lowest BCUT2D eigenvalue weighted by Crippen LogP contribution is -2.49. The van der Waals surface area contributed by atoms with Gasteiger partial charge >= 0.3 is 0 Å². The normalized spacial score (nSPS) is 15.2. The van der Waals surface area contributed by atoms with Crippen molar-refractivity contribution in [2.45, 2.75) is 38.8 Å². The third-order valence-corrected chi connectivity index (χ3v) is 4.40. The van der Waals surface area contributed by atoms with E-state index >= 15 is 0 Å². The molecular weight excluding hydrogens is 316 g/mol. The van der Waals surface area contributed by atoms with Crippen LogP contribution in [0.5, 0.6) is 0 Å². The molecule has 0 aliphatic carbocycles. The Morgan fingerprint density at radius 2 is 1.92 bits per heavy atom. The number of likely N-dealkylation sites (tertiary alicyclic amines) is 1. The first kappa shape index (κ1) is 17.2. The first-order valence-corrected chi connectivity index (χ1v) is 8.73. The second kappa shape index (κ2) is 7.96. The Morgan fingerprint density at radius 3 is 2.56 bits per heavy atom. The summed E-state index contributed by atoms with van der Waals surface area (Å²) in [7, 11) is 0. The summed E-state index contributed by atoms with van der Waals surface area (Å²) in [6, 6.07) is 9.26. The Labute approximate surface area is 147 Å². The number of amides is 2. The molecule has 0 radical (unpaired) electrons. The third kappa shape index (κ3) is 4.68. The van der Waals surface area contributed by atoms with E-state index in [4.69, 9.17) is 0 Å². The van der Waals surface area contributed by atoms with E-state index < -0.39 is 6.04 Å². The molecule has 1 N–H and O–H groups in total. The minimum atomic E-state index is -0.537. The molecule has 1 atom stereocenters. The van der Waals surface area contributed by atoms with Gasteiger partial charge in [0.15, 0.2) is 0 Å². The zero-order valence-electron chi connectivity index (χ0n) is 14.5. The van der Waals surface area contributed by atoms with Crippen molar-refractivity contribution in [3.8, 4) is 0 Å². The molecule has 1 saturated heterocycles. The fourth-order valence-corrected chi connectivity index (χ4v) is 3.15. The molecule has 1 aliphatic heterocycles. The minimum Gasteiger partial charge on any atom is -0.342 e. The van der Waals surface area contributed by atoms with Crippen LogP contribution in [-0.4, -0.2) is 45.6 Å². The topological polar surface area (TPSA) is 67.2 Å². The predicted molar refractivity (Wildman–Crippen MR) is 94.9 cm³/mol. The highest BCUT2D eigenvalue weighted by atomic mass is 16.2. The van der Waals surface area contributed by atoms with Crippen LogP contribution >= 0.6 is 0 Å². The maximum atomic E-state index is 12.8. The molecule has 132 valence electrons. The van der Waals surface area contributed by atoms with Gasteiger partial charge in [-0.15, -0.1) is 0 Å². The average Bonchev–Trinajstić information content (AvgIpc) is 3.26. The summed E-state index contributed by atoms with van der Waals surface area (Å²) < 4.78 is 1.59. The number of nitrogens with zero attached hydrogens (tertiary/aromatic N) is 3. The number of aromatic nitrogens is 2. The lowest BCUT2D eigenvalue weighted by molar-refractivity contribution is -0.135. The number of aryl methyl sites for hydroxylation is 1. The van der Waals surface area contributed by atoms with Crippen LogP contribution < -0.4 is 5.32 Å². The fourth-order valence-electron chi connectivity index (χ4n) is 3.15. The van der Waals surface area contributed by atoms with Gasteiger partial charge in [-0.25, -0.2) is 0 Å². The van der Waals surface area contributed by atoms with E-state index in [1.54, 1.807) is 10.9 Å². The van der Waals surface area contributed by atoms with Gasteiger partial charge in [0.25, 0.3) is 0 Å². The molecule has 2 amide bonds. The molecule has 0 saturated carbocycles. The number of carbonyl (C=O) groups excluding carboxylic acids is 2. The largest absolute Gasteiger partial charge is 0.342 e. The molecule has 1 aromatic heterocycles. The second-order valence-corrected chi connectivity index (χ2v) is 6.56. The quantitative estimate of drug-likeness (QED) is 0.867. The van der Waals surface area contributed by atoms with Gasteiger partial charge in [-0.3, -0.25) is 14.3 Å². The molecule has 2 heterocycles. The van der Waals surface area contributed by atoms with Crippen LogP contribution in [0.4, 0.5) is 0 Å². The first-order chi connectivity index (χ1) is 12.1. The Morgan fingerprint density at radius 1 is 1.20 bits per heavy atom. The monoisotopic (exact) mass is 340 g/mol. The van der Waals surface area contributed by atoms with Crippen LogP contribution in [0.15, 0.2) is 42.7 Å². The van der Waals surface area contributed by atoms with Gasteiger partial charge in [0.2, 0.25) is 11.8 Å². The van der Waals surface area contributed by atoms with Crippen molar-refractivity contribution in [2.75, 3.05) is 13.1 Å². The first-order valence-electron chi connectivity index (χ1n) is 8.73. The lowest BCUT2D eigenvalue weighted by Gasteiger charge is -2.24. The smallest absolute Gasteiger partial charge is 0.245 e. The van der Waals surface area contributed by atoms with Crippen LogP contribution in [0.1, 0.15) is 24.0 Å². The number of benzene rings is 1. The molecule has 3 rings (SSSR count). The van der Waals surface area contributed by atoms with Gasteiger partial charge in [0.1, 0.15) is 12.6 Å². The molecule has 1 aromatic carbocycles. The Kier molecular flexibility index (Phi) is 5.48. The molecule has 6 nitrogen and oxygen atoms in total. The number of carbonyl (C=O) groups is 2. The van der Waals surface area contributed by atoms with Gasteiger partial charge in [-0.1, -0.05) is 30.3 Å². The number of rotatable bonds is 6. The molecular formula is C19H24N4O2. The summed E-state index contributed by atoms with van der Waals surface area (Å²) in [5, 5.41) is 7.04. The highest BCUT2D eigenvalue weighted by molar-refractivity contribution is 5.88. The van der Waals surface area contributed by atoms with E-state index in [0.717, 1.165) is 37.1 Å². The molecule has 1 aliphatic rings. The van der Waals surface area contributed by atoms with E-state index in [0.29, 0.717) is 6.42 Å². The van der Waals surface area contributed by atoms with Crippen molar-refractivity contribution >= 4 is 11.8 Å². The molecule has 25 heavy (non-hydrogen) atoms. The molecule has 0 spiro atoms. The summed E-state index contributed by atoms with van der Waals surface area (Å²) in [6.45, 7) is 3.60. The van der Waals surface area contributed by atoms with Gasteiger partial charge in [-0.2, -0.15) is 5.10 Å². The van der Waals surface area contributed by atoms with E-state index in [1.165, 1.54) is 0 Å². The summed E-state index contributed by atoms with van der Waals surface area (Å²) in [4.78, 5) is 27.1. The van der Waals surface area contributed by atoms with Crippen molar-refractivity contribution in [1.29, 1.82) is 0 Å². The number of hydrogen-bond acceptors (Lipinski definition) is 3. The van der Waals surface area contributed by atoms with Crippen molar-refractivity contribution in [2.24, 2.45) is 0 Å². The molecule has 6 heteroatoms. The van der Waals surface area contributed by atoms with Crippen molar-refractivity contribution < 1.29 is 9.59 Å². The molecule has 1 fully saturated rings. The van der Waals surface area contributed by atoms with Gasteiger partial charge in [0.05, 0.1) is 6.20 Å². The van der Waals surface area contributed by atoms with Gasteiger partial charge in [0, 0.05) is 25.7 Å². The van der Waals surface area contributed by atoms with E-state index in [1.807, 2.05) is 48.4 Å². The van der Waals surface area contributed by atoms with Crippen LogP contribution in [0.25, 0.3) is 0 Å². The highest BCUT2D eigenvalue weighted by Crippen LogP contribution is 2.12. The van der Waals surface area contributed by atoms with Crippen LogP contribution in [0, 0.1) is 6.92 Å². The van der Waals surface area contributed by atoms with Gasteiger partial charge < -0.3 is 10.2 Å².